The Morgan fingerprint density at radius 3 is 2.44 bits per heavy atom. The van der Waals surface area contributed by atoms with E-state index in [0.29, 0.717) is 29.4 Å². The Labute approximate surface area is 225 Å². The molecule has 11 heteroatoms. The summed E-state index contributed by atoms with van der Waals surface area (Å²) in [6.07, 6.45) is 0.107. The van der Waals surface area contributed by atoms with Crippen LogP contribution < -0.4 is 9.04 Å². The van der Waals surface area contributed by atoms with Crippen molar-refractivity contribution in [1.29, 1.82) is 0 Å². The van der Waals surface area contributed by atoms with Crippen LogP contribution in [0.15, 0.2) is 59.5 Å². The molecule has 0 amide bonds. The zero-order valence-electron chi connectivity index (χ0n) is 19.6. The Balaban J connectivity index is 1.71. The van der Waals surface area contributed by atoms with E-state index in [1.807, 2.05) is 19.0 Å². The van der Waals surface area contributed by atoms with E-state index >= 15 is 0 Å². The number of ether oxygens (including phenoxy) is 1. The third-order valence-electron chi connectivity index (χ3n) is 5.66. The van der Waals surface area contributed by atoms with Crippen LogP contribution in [0.2, 0.25) is 15.1 Å². The second kappa shape index (κ2) is 10.9. The Morgan fingerprint density at radius 2 is 1.78 bits per heavy atom. The molecule has 1 aromatic heterocycles. The number of Topliss-reactive ketones (excluding diaryl/α,β-unsaturated/α-hetero) is 1. The minimum absolute atomic E-state index is 0.0420. The third kappa shape index (κ3) is 5.79. The summed E-state index contributed by atoms with van der Waals surface area (Å²) in [5.74, 6) is 0.108. The van der Waals surface area contributed by atoms with Gasteiger partial charge in [0, 0.05) is 11.6 Å². The van der Waals surface area contributed by atoms with Crippen molar-refractivity contribution in [2.45, 2.75) is 23.8 Å². The van der Waals surface area contributed by atoms with Crippen LogP contribution in [0.1, 0.15) is 22.5 Å². The van der Waals surface area contributed by atoms with Gasteiger partial charge in [0.2, 0.25) is 0 Å². The second-order valence-corrected chi connectivity index (χ2v) is 11.8. The topological polar surface area (TPSA) is 79.8 Å². The van der Waals surface area contributed by atoms with Crippen molar-refractivity contribution in [2.75, 3.05) is 31.5 Å². The number of aromatic nitrogens is 1. The highest BCUT2D eigenvalue weighted by atomic mass is 35.5. The molecular formula is C25H24Cl3N3O4S. The number of anilines is 1. The van der Waals surface area contributed by atoms with Crippen molar-refractivity contribution >= 4 is 56.4 Å². The average Bonchev–Trinajstić information content (AvgIpc) is 2.82. The molecule has 1 aliphatic rings. The van der Waals surface area contributed by atoms with Crippen LogP contribution in [0, 0.1) is 0 Å². The monoisotopic (exact) mass is 567 g/mol. The van der Waals surface area contributed by atoms with Gasteiger partial charge >= 0.3 is 0 Å². The molecule has 36 heavy (non-hydrogen) atoms. The van der Waals surface area contributed by atoms with Gasteiger partial charge in [-0.25, -0.2) is 17.7 Å². The molecule has 0 unspecified atom stereocenters. The van der Waals surface area contributed by atoms with Crippen molar-refractivity contribution < 1.29 is 17.9 Å². The van der Waals surface area contributed by atoms with E-state index in [9.17, 15) is 13.2 Å². The smallest absolute Gasteiger partial charge is 0.265 e. The summed E-state index contributed by atoms with van der Waals surface area (Å²) in [6.45, 7) is 0.778. The summed E-state index contributed by atoms with van der Waals surface area (Å²) in [7, 11) is -0.139. The lowest BCUT2D eigenvalue weighted by atomic mass is 10.1. The van der Waals surface area contributed by atoms with Gasteiger partial charge in [-0.15, -0.1) is 0 Å². The minimum Gasteiger partial charge on any atom is -0.485 e. The molecule has 0 saturated carbocycles. The number of halogens is 3. The molecule has 0 bridgehead atoms. The molecule has 7 nitrogen and oxygen atoms in total. The van der Waals surface area contributed by atoms with E-state index in [0.717, 1.165) is 0 Å². The number of hydrogen-bond acceptors (Lipinski definition) is 6. The number of carbonyl (C=O) groups is 1. The summed E-state index contributed by atoms with van der Waals surface area (Å²) in [5.41, 5.74) is 0.556. The van der Waals surface area contributed by atoms with Gasteiger partial charge < -0.3 is 9.64 Å². The molecule has 1 aliphatic heterocycles. The van der Waals surface area contributed by atoms with Gasteiger partial charge in [0.1, 0.15) is 6.10 Å². The molecule has 0 radical (unpaired) electrons. The number of pyridine rings is 1. The normalized spacial score (nSPS) is 15.5. The summed E-state index contributed by atoms with van der Waals surface area (Å²) in [5, 5.41) is 0.781. The third-order valence-corrected chi connectivity index (χ3v) is 8.28. The molecule has 190 valence electrons. The molecule has 0 spiro atoms. The van der Waals surface area contributed by atoms with Crippen LogP contribution in [0.4, 0.5) is 5.82 Å². The van der Waals surface area contributed by atoms with Crippen molar-refractivity contribution in [3.05, 3.63) is 80.9 Å². The maximum Gasteiger partial charge on any atom is 0.265 e. The molecule has 0 aliphatic carbocycles. The zero-order valence-corrected chi connectivity index (χ0v) is 22.7. The number of rotatable bonds is 8. The summed E-state index contributed by atoms with van der Waals surface area (Å²) < 4.78 is 34.7. The van der Waals surface area contributed by atoms with E-state index in [4.69, 9.17) is 39.5 Å². The van der Waals surface area contributed by atoms with E-state index in [-0.39, 0.29) is 51.2 Å². The first kappa shape index (κ1) is 26.7. The van der Waals surface area contributed by atoms with Crippen LogP contribution in [0.3, 0.4) is 0 Å². The summed E-state index contributed by atoms with van der Waals surface area (Å²) in [6, 6.07) is 14.2. The number of ketones is 1. The van der Waals surface area contributed by atoms with E-state index in [2.05, 4.69) is 4.98 Å². The average molecular weight is 569 g/mol. The van der Waals surface area contributed by atoms with Crippen molar-refractivity contribution in [3.63, 3.8) is 0 Å². The predicted octanol–water partition coefficient (Wildman–Crippen LogP) is 5.38. The molecule has 3 aromatic rings. The van der Waals surface area contributed by atoms with E-state index in [1.54, 1.807) is 42.5 Å². The Bertz CT molecular complexity index is 1380. The minimum atomic E-state index is -4.01. The number of sulfonamides is 1. The lowest BCUT2D eigenvalue weighted by Gasteiger charge is -2.35. The number of nitrogens with zero attached hydrogens (tertiary/aromatic N) is 3. The Morgan fingerprint density at radius 1 is 1.08 bits per heavy atom. The fraction of sp³-hybridized carbons (Fsp3) is 0.280. The number of hydrogen-bond donors (Lipinski definition) is 0. The standard InChI is InChI=1S/C25H24Cl3N3O4S/c1-30(2)12-11-18-15-31(36(33,34)19-6-3-5-16(26)13-19)25-23(35-18)10-9-17(29-25)14-22(32)24-20(27)7-4-8-21(24)28/h3-10,13,18H,11-12,14-15H2,1-2H3/t18-/m0/s1. The highest BCUT2D eigenvalue weighted by molar-refractivity contribution is 7.92. The fourth-order valence-electron chi connectivity index (χ4n) is 3.87. The molecule has 1 atom stereocenters. The van der Waals surface area contributed by atoms with Gasteiger partial charge in [0.05, 0.1) is 39.2 Å². The van der Waals surface area contributed by atoms with Gasteiger partial charge in [0.25, 0.3) is 10.0 Å². The zero-order chi connectivity index (χ0) is 26.0. The van der Waals surface area contributed by atoms with Crippen LogP contribution in [-0.2, 0) is 16.4 Å². The van der Waals surface area contributed by atoms with Crippen LogP contribution in [0.5, 0.6) is 5.75 Å². The first-order valence-corrected chi connectivity index (χ1v) is 13.7. The van der Waals surface area contributed by atoms with Crippen LogP contribution in [-0.4, -0.2) is 57.4 Å². The SMILES string of the molecule is CN(C)CC[C@H]1CN(S(=O)(=O)c2cccc(Cl)c2)c2nc(CC(=O)c3c(Cl)cccc3Cl)ccc2O1. The van der Waals surface area contributed by atoms with Gasteiger partial charge in [0.15, 0.2) is 17.4 Å². The molecule has 0 N–H and O–H groups in total. The van der Waals surface area contributed by atoms with Gasteiger partial charge in [-0.2, -0.15) is 0 Å². The number of carbonyl (C=O) groups excluding carboxylic acids is 1. The van der Waals surface area contributed by atoms with Crippen LogP contribution in [0.25, 0.3) is 0 Å². The van der Waals surface area contributed by atoms with Crippen molar-refractivity contribution in [2.24, 2.45) is 0 Å². The maximum absolute atomic E-state index is 13.7. The first-order chi connectivity index (χ1) is 17.1. The fourth-order valence-corrected chi connectivity index (χ4v) is 6.23. The van der Waals surface area contributed by atoms with Gasteiger partial charge in [-0.05, 0) is 63.0 Å². The first-order valence-electron chi connectivity index (χ1n) is 11.1. The Hall–Kier alpha value is -2.36. The number of benzene rings is 2. The summed E-state index contributed by atoms with van der Waals surface area (Å²) >= 11 is 18.5. The van der Waals surface area contributed by atoms with Gasteiger partial charge in [-0.3, -0.25) is 4.79 Å². The molecular weight excluding hydrogens is 545 g/mol. The highest BCUT2D eigenvalue weighted by Crippen LogP contribution is 2.37. The Kier molecular flexibility index (Phi) is 8.12. The number of fused-ring (bicyclic) bond motifs is 1. The molecule has 0 fully saturated rings. The lowest BCUT2D eigenvalue weighted by Crippen LogP contribution is -2.45. The molecule has 0 saturated heterocycles. The molecule has 2 heterocycles. The molecule has 4 rings (SSSR count). The van der Waals surface area contributed by atoms with Crippen molar-refractivity contribution in [3.8, 4) is 5.75 Å². The lowest BCUT2D eigenvalue weighted by molar-refractivity contribution is 0.0992. The predicted molar refractivity (Wildman–Crippen MR) is 142 cm³/mol. The van der Waals surface area contributed by atoms with Gasteiger partial charge in [-0.1, -0.05) is 46.9 Å². The highest BCUT2D eigenvalue weighted by Gasteiger charge is 2.36. The van der Waals surface area contributed by atoms with Crippen LogP contribution >= 0.6 is 34.8 Å². The maximum atomic E-state index is 13.7. The molecule has 2 aromatic carbocycles. The quantitative estimate of drug-likeness (QED) is 0.340. The van der Waals surface area contributed by atoms with E-state index in [1.165, 1.54) is 16.4 Å². The second-order valence-electron chi connectivity index (χ2n) is 8.65. The van der Waals surface area contributed by atoms with Crippen molar-refractivity contribution in [1.82, 2.24) is 9.88 Å². The summed E-state index contributed by atoms with van der Waals surface area (Å²) in [4.78, 5) is 19.5. The van der Waals surface area contributed by atoms with E-state index < -0.39 is 10.0 Å². The largest absolute Gasteiger partial charge is 0.485 e.